The fourth-order valence-corrected chi connectivity index (χ4v) is 11.0. The van der Waals surface area contributed by atoms with Gasteiger partial charge in [0.25, 0.3) is 5.91 Å². The third kappa shape index (κ3) is 4.97. The molecule has 5 aliphatic heterocycles. The molecule has 2 aromatic heterocycles. The van der Waals surface area contributed by atoms with Gasteiger partial charge in [0.2, 0.25) is 18.6 Å². The first kappa shape index (κ1) is 32.8. The van der Waals surface area contributed by atoms with Crippen molar-refractivity contribution < 1.29 is 49.0 Å². The van der Waals surface area contributed by atoms with Crippen LogP contribution in [-0.2, 0) is 45.4 Å². The van der Waals surface area contributed by atoms with Gasteiger partial charge in [-0.1, -0.05) is 13.8 Å². The number of carbonyl (C=O) groups excluding carboxylic acids is 4. The van der Waals surface area contributed by atoms with Crippen molar-refractivity contribution in [2.45, 2.75) is 88.7 Å². The zero-order chi connectivity index (χ0) is 34.3. The maximum absolute atomic E-state index is 15.0. The van der Waals surface area contributed by atoms with Crippen LogP contribution in [0.25, 0.3) is 0 Å². The number of carboxylic acids is 2. The van der Waals surface area contributed by atoms with E-state index in [4.69, 9.17) is 0 Å². The van der Waals surface area contributed by atoms with Crippen molar-refractivity contribution in [3.63, 3.8) is 0 Å². The first-order valence-corrected chi connectivity index (χ1v) is 17.6. The number of rotatable bonds is 10. The maximum atomic E-state index is 15.0. The van der Waals surface area contributed by atoms with E-state index in [-0.39, 0.29) is 27.0 Å². The Labute approximate surface area is 283 Å². The van der Waals surface area contributed by atoms with E-state index in [0.29, 0.717) is 31.1 Å². The lowest BCUT2D eigenvalue weighted by Gasteiger charge is -2.47. The summed E-state index contributed by atoms with van der Waals surface area (Å²) in [7, 11) is 0. The van der Waals surface area contributed by atoms with E-state index in [2.05, 4.69) is 9.97 Å². The standard InChI is InChI=1S/C30H36N8O8S2/c1-13-21-19(15(3)39)27(41)37(21)23(25(13)47-17-5-33-9-31-10-34(33)6-17)28(42)38-22(20(16(4)40)29(43)44)14(2)26(24(38)30(45)46)48-18-7-35-11-32-12-36(35)8-18/h9-22,39-40H,5-8H2,1-4H3/t13-,14-,15-,16-,19-,20?,21-,22?/m1/s1. The van der Waals surface area contributed by atoms with Crippen LogP contribution in [0.4, 0.5) is 0 Å². The Bertz CT molecular complexity index is 1730. The molecular formula is C30H36N8O8S2. The molecule has 48 heavy (non-hydrogen) atoms. The van der Waals surface area contributed by atoms with Gasteiger partial charge in [-0.15, -0.1) is 23.5 Å². The molecule has 2 N–H and O–H groups in total. The zero-order valence-electron chi connectivity index (χ0n) is 26.6. The Hall–Kier alpha value is -3.74. The minimum absolute atomic E-state index is 0.0394. The van der Waals surface area contributed by atoms with Crippen LogP contribution in [0.3, 0.4) is 0 Å². The lowest BCUT2D eigenvalue weighted by atomic mass is 9.79. The molecule has 0 radical (unpaired) electrons. The van der Waals surface area contributed by atoms with Crippen LogP contribution < -0.4 is 19.6 Å². The van der Waals surface area contributed by atoms with Crippen LogP contribution in [0.1, 0.15) is 27.7 Å². The molecule has 0 spiro atoms. The second-order valence-corrected chi connectivity index (χ2v) is 15.9. The Morgan fingerprint density at radius 2 is 1.46 bits per heavy atom. The van der Waals surface area contributed by atoms with Gasteiger partial charge in [-0.05, 0) is 23.8 Å². The summed E-state index contributed by atoms with van der Waals surface area (Å²) in [4.78, 5) is 65.6. The van der Waals surface area contributed by atoms with Gasteiger partial charge in [0.05, 0.1) is 65.5 Å². The van der Waals surface area contributed by atoms with Crippen LogP contribution in [0.2, 0.25) is 0 Å². The fraction of sp³-hybridized carbons (Fsp3) is 0.600. The molecule has 5 aliphatic rings. The average Bonchev–Trinajstić information content (AvgIpc) is 3.82. The Morgan fingerprint density at radius 1 is 0.917 bits per heavy atom. The number of β-lactam (4-membered cyclic amide) rings is 1. The molecular weight excluding hydrogens is 665 g/mol. The van der Waals surface area contributed by atoms with Crippen molar-refractivity contribution >= 4 is 47.3 Å². The van der Waals surface area contributed by atoms with Crippen LogP contribution in [0.15, 0.2) is 46.5 Å². The largest absolute Gasteiger partial charge is 0.550 e. The van der Waals surface area contributed by atoms with Gasteiger partial charge in [-0.25, -0.2) is 0 Å². The summed E-state index contributed by atoms with van der Waals surface area (Å²) < 4.78 is 7.59. The average molecular weight is 701 g/mol. The molecule has 7 heterocycles. The predicted molar refractivity (Wildman–Crippen MR) is 162 cm³/mol. The summed E-state index contributed by atoms with van der Waals surface area (Å²) in [5, 5.41) is 46.7. The van der Waals surface area contributed by atoms with Gasteiger partial charge in [0.15, 0.2) is 0 Å². The quantitative estimate of drug-likeness (QED) is 0.181. The molecule has 256 valence electrons. The first-order valence-electron chi connectivity index (χ1n) is 15.9. The van der Waals surface area contributed by atoms with Crippen LogP contribution in [0, 0.1) is 23.7 Å². The SMILES string of the molecule is C[C@@H](O)C(C(=O)[O-])C1[C@@H](C)C(SC2Cn3cnc[n+]3C2)=C(C(=O)[O-])N1C(=O)C1=C(SC2Cn3cnc[n+]3C2)[C@H](C)[C@@H]2[C@@H]([C@@H](C)O)C(=O)N12. The van der Waals surface area contributed by atoms with E-state index < -0.39 is 71.5 Å². The van der Waals surface area contributed by atoms with Crippen LogP contribution in [0.5, 0.6) is 0 Å². The van der Waals surface area contributed by atoms with Gasteiger partial charge in [0, 0.05) is 33.5 Å². The molecule has 8 atom stereocenters. The zero-order valence-corrected chi connectivity index (χ0v) is 28.3. The Morgan fingerprint density at radius 3 is 1.92 bits per heavy atom. The highest BCUT2D eigenvalue weighted by Gasteiger charge is 2.62. The molecule has 2 unspecified atom stereocenters. The number of aromatic nitrogens is 6. The fourth-order valence-electron chi connectivity index (χ4n) is 8.05. The van der Waals surface area contributed by atoms with Crippen molar-refractivity contribution in [2.24, 2.45) is 23.7 Å². The van der Waals surface area contributed by atoms with E-state index >= 15 is 4.79 Å². The van der Waals surface area contributed by atoms with E-state index in [1.165, 1.54) is 42.3 Å². The smallest absolute Gasteiger partial charge is 0.306 e. The van der Waals surface area contributed by atoms with Gasteiger partial charge in [-0.2, -0.15) is 18.7 Å². The highest BCUT2D eigenvalue weighted by molar-refractivity contribution is 8.04. The van der Waals surface area contributed by atoms with Crippen molar-refractivity contribution in [3.8, 4) is 0 Å². The summed E-state index contributed by atoms with van der Waals surface area (Å²) in [6, 6.07) is -1.91. The van der Waals surface area contributed by atoms with E-state index in [1.807, 2.05) is 25.7 Å². The summed E-state index contributed by atoms with van der Waals surface area (Å²) in [5.74, 6) is -8.33. The normalized spacial score (nSPS) is 31.1. The molecule has 2 amide bonds. The number of carbonyl (C=O) groups is 4. The summed E-state index contributed by atoms with van der Waals surface area (Å²) in [5.41, 5.74) is -0.525. The molecule has 2 aromatic rings. The van der Waals surface area contributed by atoms with Crippen LogP contribution >= 0.6 is 23.5 Å². The van der Waals surface area contributed by atoms with E-state index in [1.54, 1.807) is 32.2 Å². The molecule has 16 nitrogen and oxygen atoms in total. The number of aliphatic hydroxyl groups excluding tert-OH is 2. The van der Waals surface area contributed by atoms with Crippen molar-refractivity contribution in [1.29, 1.82) is 0 Å². The number of nitrogens with zero attached hydrogens (tertiary/aromatic N) is 8. The van der Waals surface area contributed by atoms with Crippen molar-refractivity contribution in [3.05, 3.63) is 46.5 Å². The first-order chi connectivity index (χ1) is 22.8. The second kappa shape index (κ2) is 12.0. The number of hydrogen-bond donors (Lipinski definition) is 2. The highest BCUT2D eigenvalue weighted by Crippen LogP contribution is 2.54. The van der Waals surface area contributed by atoms with Gasteiger partial charge in [-0.3, -0.25) is 9.59 Å². The third-order valence-electron chi connectivity index (χ3n) is 10.2. The number of carboxylic acid groups (broad SMARTS) is 2. The molecule has 0 bridgehead atoms. The minimum atomic E-state index is -1.68. The molecule has 0 aliphatic carbocycles. The number of aliphatic hydroxyl groups is 2. The molecule has 1 saturated heterocycles. The third-order valence-corrected chi connectivity index (χ3v) is 13.1. The van der Waals surface area contributed by atoms with Gasteiger partial charge < -0.3 is 39.8 Å². The summed E-state index contributed by atoms with van der Waals surface area (Å²) in [6.45, 7) is 8.41. The van der Waals surface area contributed by atoms with E-state index in [0.717, 1.165) is 4.90 Å². The van der Waals surface area contributed by atoms with Gasteiger partial charge in [0.1, 0.15) is 18.8 Å². The number of hydrogen-bond acceptors (Lipinski definition) is 12. The molecule has 0 saturated carbocycles. The number of amides is 2. The van der Waals surface area contributed by atoms with E-state index in [9.17, 15) is 34.8 Å². The van der Waals surface area contributed by atoms with Crippen molar-refractivity contribution in [2.75, 3.05) is 0 Å². The summed E-state index contributed by atoms with van der Waals surface area (Å²) in [6.07, 6.45) is 4.18. The maximum Gasteiger partial charge on any atom is 0.306 e. The van der Waals surface area contributed by atoms with Crippen molar-refractivity contribution in [1.82, 2.24) is 29.1 Å². The second-order valence-electron chi connectivity index (χ2n) is 13.2. The Balaban J connectivity index is 1.32. The summed E-state index contributed by atoms with van der Waals surface area (Å²) >= 11 is 2.63. The van der Waals surface area contributed by atoms with Gasteiger partial charge >= 0.3 is 12.7 Å². The molecule has 7 rings (SSSR count). The molecule has 0 aromatic carbocycles. The lowest BCUT2D eigenvalue weighted by molar-refractivity contribution is -0.758. The number of aliphatic carboxylic acids is 2. The highest BCUT2D eigenvalue weighted by atomic mass is 32.2. The number of thioether (sulfide) groups is 2. The molecule has 18 heteroatoms. The topological polar surface area (TPSA) is 205 Å². The lowest BCUT2D eigenvalue weighted by Crippen LogP contribution is -2.64. The minimum Gasteiger partial charge on any atom is -0.550 e. The number of fused-ring (bicyclic) bond motifs is 3. The molecule has 1 fully saturated rings. The predicted octanol–water partition coefficient (Wildman–Crippen LogP) is -3.79. The van der Waals surface area contributed by atoms with Crippen LogP contribution in [-0.4, -0.2) is 97.9 Å². The Kier molecular flexibility index (Phi) is 8.19. The monoisotopic (exact) mass is 700 g/mol.